The van der Waals surface area contributed by atoms with Crippen LogP contribution in [0.2, 0.25) is 0 Å². The van der Waals surface area contributed by atoms with Crippen LogP contribution in [-0.2, 0) is 74.9 Å². The summed E-state index contributed by atoms with van der Waals surface area (Å²) >= 11 is 0. The summed E-state index contributed by atoms with van der Waals surface area (Å²) in [5.41, 5.74) is 1.93. The van der Waals surface area contributed by atoms with Crippen LogP contribution in [0.5, 0.6) is 0 Å². The fourth-order valence-corrected chi connectivity index (χ4v) is 7.83. The molecule has 17 heteroatoms. The zero-order valence-electron chi connectivity index (χ0n) is 39.1. The average Bonchev–Trinajstić information content (AvgIpc) is 3.40. The van der Waals surface area contributed by atoms with E-state index in [9.17, 15) is 29.1 Å². The molecule has 374 valence electrons. The molecule has 17 nitrogen and oxygen atoms in total. The van der Waals surface area contributed by atoms with E-state index in [4.69, 9.17) is 52.1 Å². The summed E-state index contributed by atoms with van der Waals surface area (Å²) in [6, 6.07) is 42.4. The molecular weight excluding hydrogens is 921 g/mol. The zero-order valence-corrected chi connectivity index (χ0v) is 39.1. The molecule has 0 amide bonds. The monoisotopic (exact) mass is 976 g/mol. The quantitative estimate of drug-likeness (QED) is 0.0466. The van der Waals surface area contributed by atoms with Crippen molar-refractivity contribution in [2.75, 3.05) is 26.9 Å². The van der Waals surface area contributed by atoms with E-state index in [1.54, 1.807) is 54.6 Å². The van der Waals surface area contributed by atoms with Crippen molar-refractivity contribution in [2.45, 2.75) is 94.4 Å². The molecule has 2 aliphatic heterocycles. The second-order valence-corrected chi connectivity index (χ2v) is 16.5. The van der Waals surface area contributed by atoms with Crippen molar-refractivity contribution in [1.29, 1.82) is 0 Å². The fourth-order valence-electron chi connectivity index (χ4n) is 7.83. The van der Waals surface area contributed by atoms with E-state index in [-0.39, 0.29) is 49.4 Å². The Kier molecular flexibility index (Phi) is 19.3. The summed E-state index contributed by atoms with van der Waals surface area (Å²) in [6.07, 6.45) is -13.9. The van der Waals surface area contributed by atoms with Crippen molar-refractivity contribution >= 4 is 29.8 Å². The molecule has 1 N–H and O–H groups in total. The minimum Gasteiger partial charge on any atom is -0.469 e. The third-order valence-corrected chi connectivity index (χ3v) is 11.4. The molecule has 71 heavy (non-hydrogen) atoms. The third kappa shape index (κ3) is 14.8. The molecule has 2 aliphatic rings. The highest BCUT2D eigenvalue weighted by atomic mass is 16.8. The van der Waals surface area contributed by atoms with Crippen LogP contribution in [0.25, 0.3) is 0 Å². The molecule has 10 unspecified atom stereocenters. The molecule has 0 saturated carbocycles. The first-order valence-electron chi connectivity index (χ1n) is 23.1. The number of aliphatic hydroxyl groups is 1. The summed E-state index contributed by atoms with van der Waals surface area (Å²) in [4.78, 5) is 66.3. The maximum absolute atomic E-state index is 14.1. The SMILES string of the molecule is COC(=O)CCCOC1OC(COC2OC(COC(C)=O)C(OC(=O)c3ccccc3)C(OC(=O)c3ccccc3)C2OC(=O)c2ccccc2)C(OCc2ccccc2)C(O)C1OCc1ccccc1. The molecular formula is C54H56O17. The Hall–Kier alpha value is -6.83. The lowest BCUT2D eigenvalue weighted by Gasteiger charge is -2.46. The highest BCUT2D eigenvalue weighted by Gasteiger charge is 2.55. The largest absolute Gasteiger partial charge is 0.469 e. The Morgan fingerprint density at radius 1 is 0.493 bits per heavy atom. The number of ether oxygens (including phenoxy) is 11. The van der Waals surface area contributed by atoms with Gasteiger partial charge in [-0.2, -0.15) is 0 Å². The second-order valence-electron chi connectivity index (χ2n) is 16.5. The van der Waals surface area contributed by atoms with E-state index in [1.807, 2.05) is 60.7 Å². The molecule has 10 atom stereocenters. The molecule has 0 bridgehead atoms. The lowest BCUT2D eigenvalue weighted by molar-refractivity contribution is -0.339. The summed E-state index contributed by atoms with van der Waals surface area (Å²) in [5, 5.41) is 12.3. The summed E-state index contributed by atoms with van der Waals surface area (Å²) in [7, 11) is 1.28. The van der Waals surface area contributed by atoms with Crippen LogP contribution in [0.1, 0.15) is 62.0 Å². The number of aliphatic hydroxyl groups excluding tert-OH is 1. The van der Waals surface area contributed by atoms with E-state index >= 15 is 0 Å². The van der Waals surface area contributed by atoms with Gasteiger partial charge in [-0.05, 0) is 53.9 Å². The Morgan fingerprint density at radius 3 is 1.39 bits per heavy atom. The minimum absolute atomic E-state index is 0.000567. The third-order valence-electron chi connectivity index (χ3n) is 11.4. The lowest BCUT2D eigenvalue weighted by atomic mass is 9.97. The van der Waals surface area contributed by atoms with Gasteiger partial charge in [-0.25, -0.2) is 14.4 Å². The van der Waals surface area contributed by atoms with Gasteiger partial charge in [-0.3, -0.25) is 9.59 Å². The van der Waals surface area contributed by atoms with Crippen LogP contribution in [-0.4, -0.2) is 123 Å². The van der Waals surface area contributed by atoms with Crippen molar-refractivity contribution in [1.82, 2.24) is 0 Å². The van der Waals surface area contributed by atoms with Crippen molar-refractivity contribution in [3.05, 3.63) is 179 Å². The van der Waals surface area contributed by atoms with Gasteiger partial charge < -0.3 is 57.2 Å². The second kappa shape index (κ2) is 26.4. The molecule has 0 radical (unpaired) electrons. The maximum Gasteiger partial charge on any atom is 0.338 e. The van der Waals surface area contributed by atoms with E-state index in [2.05, 4.69) is 0 Å². The molecule has 2 heterocycles. The predicted molar refractivity (Wildman–Crippen MR) is 250 cm³/mol. The molecule has 5 aromatic rings. The topological polar surface area (TPSA) is 207 Å². The van der Waals surface area contributed by atoms with Gasteiger partial charge in [0, 0.05) is 13.3 Å². The van der Waals surface area contributed by atoms with Crippen molar-refractivity contribution in [3.63, 3.8) is 0 Å². The number of hydrogen-bond acceptors (Lipinski definition) is 17. The standard InChI is InChI=1S/C54H56O17/c1-35(55)63-33-42-46(69-50(58)38-23-12-5-13-24-38)48(70-51(59)39-25-14-6-15-26-39)49(71-52(60)40-27-16-7-17-28-40)54(68-42)66-34-41-45(64-31-36-19-8-3-9-20-36)44(57)47(65-32-37-21-10-4-11-22-37)53(67-41)62-30-18-29-43(56)61-2/h3-17,19-28,41-42,44-49,53-54,57H,18,29-34H2,1-2H3. The summed E-state index contributed by atoms with van der Waals surface area (Å²) < 4.78 is 67.2. The van der Waals surface area contributed by atoms with Crippen LogP contribution >= 0.6 is 0 Å². The van der Waals surface area contributed by atoms with Gasteiger partial charge in [0.1, 0.15) is 37.1 Å². The molecule has 2 saturated heterocycles. The average molecular weight is 977 g/mol. The van der Waals surface area contributed by atoms with Crippen LogP contribution < -0.4 is 0 Å². The van der Waals surface area contributed by atoms with Gasteiger partial charge in [0.15, 0.2) is 30.9 Å². The number of methoxy groups -OCH3 is 1. The number of hydrogen-bond donors (Lipinski definition) is 1. The number of carbonyl (C=O) groups is 5. The van der Waals surface area contributed by atoms with Gasteiger partial charge in [0.25, 0.3) is 0 Å². The first-order valence-corrected chi connectivity index (χ1v) is 23.1. The van der Waals surface area contributed by atoms with Crippen LogP contribution in [0.15, 0.2) is 152 Å². The van der Waals surface area contributed by atoms with E-state index in [0.29, 0.717) is 0 Å². The lowest BCUT2D eigenvalue weighted by Crippen LogP contribution is -2.64. The van der Waals surface area contributed by atoms with Crippen LogP contribution in [0.3, 0.4) is 0 Å². The van der Waals surface area contributed by atoms with Crippen LogP contribution in [0, 0.1) is 0 Å². The molecule has 2 fully saturated rings. The highest BCUT2D eigenvalue weighted by molar-refractivity contribution is 5.91. The maximum atomic E-state index is 14.1. The first kappa shape index (κ1) is 52.0. The summed E-state index contributed by atoms with van der Waals surface area (Å²) in [6.45, 7) is 0.247. The number of esters is 5. The first-order chi connectivity index (χ1) is 34.6. The van der Waals surface area contributed by atoms with Crippen molar-refractivity contribution in [3.8, 4) is 0 Å². The van der Waals surface area contributed by atoms with E-state index in [0.717, 1.165) is 11.1 Å². The zero-order chi connectivity index (χ0) is 50.0. The normalized spacial score (nSPS) is 23.9. The number of carbonyl (C=O) groups excluding carboxylic acids is 5. The van der Waals surface area contributed by atoms with Gasteiger partial charge in [-0.1, -0.05) is 115 Å². The van der Waals surface area contributed by atoms with Crippen molar-refractivity contribution in [2.24, 2.45) is 0 Å². The Labute approximate surface area is 410 Å². The summed E-state index contributed by atoms with van der Waals surface area (Å²) in [5.74, 6) is -3.77. The Bertz CT molecular complexity index is 2440. The highest BCUT2D eigenvalue weighted by Crippen LogP contribution is 2.34. The number of benzene rings is 5. The van der Waals surface area contributed by atoms with E-state index < -0.39 is 104 Å². The Morgan fingerprint density at radius 2 is 0.915 bits per heavy atom. The van der Waals surface area contributed by atoms with Gasteiger partial charge in [0.05, 0.1) is 50.2 Å². The Balaban J connectivity index is 1.24. The minimum atomic E-state index is -1.69. The molecule has 7 rings (SSSR count). The molecule has 0 spiro atoms. The van der Waals surface area contributed by atoms with Crippen molar-refractivity contribution < 1.29 is 81.2 Å². The van der Waals surface area contributed by atoms with Gasteiger partial charge in [0.2, 0.25) is 0 Å². The van der Waals surface area contributed by atoms with Gasteiger partial charge >= 0.3 is 29.8 Å². The van der Waals surface area contributed by atoms with E-state index in [1.165, 1.54) is 50.4 Å². The van der Waals surface area contributed by atoms with Crippen LogP contribution in [0.4, 0.5) is 0 Å². The molecule has 5 aromatic carbocycles. The fraction of sp³-hybridized carbons (Fsp3) is 0.352. The molecule has 0 aliphatic carbocycles. The molecule has 0 aromatic heterocycles. The number of rotatable bonds is 22. The van der Waals surface area contributed by atoms with Gasteiger partial charge in [-0.15, -0.1) is 0 Å². The smallest absolute Gasteiger partial charge is 0.338 e. The predicted octanol–water partition coefficient (Wildman–Crippen LogP) is 6.19.